The molecule has 2 aliphatic rings. The number of nitrogens with one attached hydrogen (secondary N) is 1. The van der Waals surface area contributed by atoms with Gasteiger partial charge in [0, 0.05) is 30.7 Å². The van der Waals surface area contributed by atoms with Gasteiger partial charge in [0.2, 0.25) is 0 Å². The molecule has 0 radical (unpaired) electrons. The molecule has 0 saturated carbocycles. The molecule has 7 nitrogen and oxygen atoms in total. The Bertz CT molecular complexity index is 1060. The van der Waals surface area contributed by atoms with Gasteiger partial charge in [-0.2, -0.15) is 0 Å². The molecule has 2 saturated heterocycles. The van der Waals surface area contributed by atoms with Crippen LogP contribution >= 0.6 is 0 Å². The Morgan fingerprint density at radius 3 is 2.61 bits per heavy atom. The summed E-state index contributed by atoms with van der Waals surface area (Å²) in [6.07, 6.45) is 1.51. The van der Waals surface area contributed by atoms with E-state index in [4.69, 9.17) is 4.74 Å². The maximum atomic E-state index is 15.3. The van der Waals surface area contributed by atoms with Crippen LogP contribution in [0.25, 0.3) is 10.9 Å². The Hall–Kier alpha value is -2.77. The van der Waals surface area contributed by atoms with E-state index in [0.29, 0.717) is 36.2 Å². The largest absolute Gasteiger partial charge is 0.478 e. The summed E-state index contributed by atoms with van der Waals surface area (Å²) in [6, 6.07) is 1.04. The standard InChI is InChI=1S/C23H30FN3O4/c1-12-13(2)25-19-15(21(28)29)9-16(24)20(18(12)19)26-10-14-7-6-8-27(17(14)11-26)22(30)31-23(3,4)5/h9,14,17,25H,6-8,10-11H2,1-5H3,(H,28,29). The van der Waals surface area contributed by atoms with Gasteiger partial charge in [-0.1, -0.05) is 0 Å². The van der Waals surface area contributed by atoms with Crippen molar-refractivity contribution in [2.75, 3.05) is 24.5 Å². The lowest BCUT2D eigenvalue weighted by Gasteiger charge is -2.37. The number of H-pyrrole nitrogens is 1. The predicted octanol–water partition coefficient (Wildman–Crippen LogP) is 4.46. The number of amides is 1. The Balaban J connectivity index is 1.72. The summed E-state index contributed by atoms with van der Waals surface area (Å²) in [5, 5.41) is 10.2. The summed E-state index contributed by atoms with van der Waals surface area (Å²) in [5.41, 5.74) is 1.87. The molecule has 2 atom stereocenters. The highest BCUT2D eigenvalue weighted by Gasteiger charge is 2.43. The third-order valence-corrected chi connectivity index (χ3v) is 6.46. The van der Waals surface area contributed by atoms with Crippen molar-refractivity contribution in [2.24, 2.45) is 5.92 Å². The van der Waals surface area contributed by atoms with Crippen LogP contribution < -0.4 is 4.90 Å². The SMILES string of the molecule is Cc1[nH]c2c(C(=O)O)cc(F)c(N3CC4CCCN(C(=O)OC(C)(C)C)C4C3)c2c1C. The first-order valence-electron chi connectivity index (χ1n) is 10.8. The number of likely N-dealkylation sites (tertiary alicyclic amines) is 1. The minimum Gasteiger partial charge on any atom is -0.478 e. The van der Waals surface area contributed by atoms with E-state index >= 15 is 4.39 Å². The first kappa shape index (κ1) is 21.5. The molecule has 0 aliphatic carbocycles. The molecule has 2 aromatic rings. The molecule has 31 heavy (non-hydrogen) atoms. The fourth-order valence-electron chi connectivity index (χ4n) is 4.99. The first-order chi connectivity index (χ1) is 14.5. The molecule has 1 aromatic heterocycles. The number of ether oxygens (including phenoxy) is 1. The van der Waals surface area contributed by atoms with Crippen molar-refractivity contribution in [1.82, 2.24) is 9.88 Å². The van der Waals surface area contributed by atoms with Crippen LogP contribution in [0.5, 0.6) is 0 Å². The number of carboxylic acids is 1. The molecule has 4 rings (SSSR count). The van der Waals surface area contributed by atoms with E-state index in [1.54, 1.807) is 4.90 Å². The van der Waals surface area contributed by atoms with Gasteiger partial charge in [0.15, 0.2) is 0 Å². The zero-order chi connectivity index (χ0) is 22.7. The average molecular weight is 432 g/mol. The van der Waals surface area contributed by atoms with Gasteiger partial charge in [-0.05, 0) is 65.0 Å². The van der Waals surface area contributed by atoms with Crippen LogP contribution in [-0.2, 0) is 4.74 Å². The zero-order valence-electron chi connectivity index (χ0n) is 18.7. The molecule has 2 aliphatic heterocycles. The summed E-state index contributed by atoms with van der Waals surface area (Å²) < 4.78 is 20.9. The number of fused-ring (bicyclic) bond motifs is 2. The summed E-state index contributed by atoms with van der Waals surface area (Å²) in [6.45, 7) is 11.0. The van der Waals surface area contributed by atoms with Gasteiger partial charge in [0.1, 0.15) is 11.4 Å². The molecule has 1 amide bonds. The Morgan fingerprint density at radius 1 is 1.26 bits per heavy atom. The number of carbonyl (C=O) groups is 2. The monoisotopic (exact) mass is 431 g/mol. The Kier molecular flexibility index (Phi) is 5.14. The highest BCUT2D eigenvalue weighted by molar-refractivity contribution is 6.08. The van der Waals surface area contributed by atoms with Gasteiger partial charge in [-0.3, -0.25) is 0 Å². The van der Waals surface area contributed by atoms with Crippen LogP contribution in [0.3, 0.4) is 0 Å². The average Bonchev–Trinajstić information content (AvgIpc) is 3.21. The number of nitrogens with zero attached hydrogens (tertiary/aromatic N) is 2. The van der Waals surface area contributed by atoms with Crippen LogP contribution in [0.1, 0.15) is 55.2 Å². The van der Waals surface area contributed by atoms with Gasteiger partial charge in [0.25, 0.3) is 0 Å². The molecule has 0 spiro atoms. The molecule has 2 N–H and O–H groups in total. The van der Waals surface area contributed by atoms with E-state index in [2.05, 4.69) is 4.98 Å². The second kappa shape index (κ2) is 7.43. The van der Waals surface area contributed by atoms with Crippen LogP contribution in [0.15, 0.2) is 6.07 Å². The van der Waals surface area contributed by atoms with Crippen LogP contribution in [0.2, 0.25) is 0 Å². The van der Waals surface area contributed by atoms with Crippen molar-refractivity contribution >= 4 is 28.7 Å². The van der Waals surface area contributed by atoms with Crippen LogP contribution in [0.4, 0.5) is 14.9 Å². The summed E-state index contributed by atoms with van der Waals surface area (Å²) in [7, 11) is 0. The van der Waals surface area contributed by atoms with Gasteiger partial charge in [-0.15, -0.1) is 0 Å². The highest BCUT2D eigenvalue weighted by Crippen LogP contribution is 2.41. The molecule has 3 heterocycles. The van der Waals surface area contributed by atoms with Crippen LogP contribution in [0, 0.1) is 25.6 Å². The van der Waals surface area contributed by atoms with Crippen molar-refractivity contribution < 1.29 is 23.8 Å². The Labute approximate surface area is 181 Å². The zero-order valence-corrected chi connectivity index (χ0v) is 18.7. The molecular weight excluding hydrogens is 401 g/mol. The number of carboxylic acid groups (broad SMARTS) is 1. The molecule has 2 unspecified atom stereocenters. The van der Waals surface area contributed by atoms with E-state index in [0.717, 1.165) is 30.2 Å². The Morgan fingerprint density at radius 2 is 1.97 bits per heavy atom. The number of carbonyl (C=O) groups excluding carboxylic acids is 1. The lowest BCUT2D eigenvalue weighted by Crippen LogP contribution is -2.50. The molecule has 0 bridgehead atoms. The predicted molar refractivity (Wildman–Crippen MR) is 116 cm³/mol. The van der Waals surface area contributed by atoms with E-state index in [-0.39, 0.29) is 23.6 Å². The van der Waals surface area contributed by atoms with Crippen molar-refractivity contribution in [3.8, 4) is 0 Å². The third-order valence-electron chi connectivity index (χ3n) is 6.46. The van der Waals surface area contributed by atoms with Crippen LogP contribution in [-0.4, -0.2) is 58.3 Å². The fraction of sp³-hybridized carbons (Fsp3) is 0.565. The van der Waals surface area contributed by atoms with Crippen molar-refractivity contribution in [1.29, 1.82) is 0 Å². The number of aromatic amines is 1. The number of aromatic nitrogens is 1. The minimum atomic E-state index is -1.16. The molecule has 1 aromatic carbocycles. The number of benzene rings is 1. The number of anilines is 1. The van der Waals surface area contributed by atoms with Gasteiger partial charge < -0.3 is 24.6 Å². The summed E-state index contributed by atoms with van der Waals surface area (Å²) >= 11 is 0. The van der Waals surface area contributed by atoms with Gasteiger partial charge >= 0.3 is 12.1 Å². The fourth-order valence-corrected chi connectivity index (χ4v) is 4.99. The van der Waals surface area contributed by atoms with E-state index in [9.17, 15) is 14.7 Å². The molecule has 168 valence electrons. The van der Waals surface area contributed by atoms with Crippen molar-refractivity contribution in [2.45, 2.75) is 59.1 Å². The maximum Gasteiger partial charge on any atom is 0.410 e. The number of rotatable bonds is 2. The van der Waals surface area contributed by atoms with Crippen molar-refractivity contribution in [3.05, 3.63) is 28.7 Å². The van der Waals surface area contributed by atoms with E-state index in [1.165, 1.54) is 0 Å². The third kappa shape index (κ3) is 3.72. The smallest absolute Gasteiger partial charge is 0.410 e. The quantitative estimate of drug-likeness (QED) is 0.733. The number of piperidine rings is 1. The lowest BCUT2D eigenvalue weighted by molar-refractivity contribution is 0.00668. The van der Waals surface area contributed by atoms with Gasteiger partial charge in [-0.25, -0.2) is 14.0 Å². The maximum absolute atomic E-state index is 15.3. The lowest BCUT2D eigenvalue weighted by atomic mass is 9.92. The minimum absolute atomic E-state index is 0.0578. The highest BCUT2D eigenvalue weighted by atomic mass is 19.1. The molecular formula is C23H30FN3O4. The summed E-state index contributed by atoms with van der Waals surface area (Å²) in [5.74, 6) is -1.49. The first-order valence-corrected chi connectivity index (χ1v) is 10.8. The van der Waals surface area contributed by atoms with E-state index < -0.39 is 17.4 Å². The van der Waals surface area contributed by atoms with Crippen molar-refractivity contribution in [3.63, 3.8) is 0 Å². The normalized spacial score (nSPS) is 21.5. The topological polar surface area (TPSA) is 85.9 Å². The molecule has 8 heteroatoms. The molecule has 2 fully saturated rings. The number of aromatic carboxylic acids is 1. The second-order valence-corrected chi connectivity index (χ2v) is 9.73. The number of hydrogen-bond donors (Lipinski definition) is 2. The van der Waals surface area contributed by atoms with Gasteiger partial charge in [0.05, 0.1) is 22.8 Å². The number of hydrogen-bond acceptors (Lipinski definition) is 4. The van der Waals surface area contributed by atoms with E-state index in [1.807, 2.05) is 39.5 Å². The summed E-state index contributed by atoms with van der Waals surface area (Å²) in [4.78, 5) is 31.4. The second-order valence-electron chi connectivity index (χ2n) is 9.73. The number of aryl methyl sites for hydroxylation is 2. The number of halogens is 1.